The predicted octanol–water partition coefficient (Wildman–Crippen LogP) is 0.965. The molecule has 6 heteroatoms. The minimum absolute atomic E-state index is 0.0458. The number of nitrogens with zero attached hydrogens (tertiary/aromatic N) is 1. The number of piperidine rings is 1. The topological polar surface area (TPSA) is 61.4 Å². The molecule has 3 amide bonds. The third-order valence-electron chi connectivity index (χ3n) is 3.86. The van der Waals surface area contributed by atoms with Gasteiger partial charge in [0.25, 0.3) is 5.91 Å². The molecule has 1 aromatic heterocycles. The fourth-order valence-corrected chi connectivity index (χ4v) is 3.45. The molecule has 2 aliphatic rings. The highest BCUT2D eigenvalue weighted by Crippen LogP contribution is 2.27. The summed E-state index contributed by atoms with van der Waals surface area (Å²) in [6.07, 6.45) is 2.12. The van der Waals surface area contributed by atoms with Gasteiger partial charge >= 0.3 is 6.03 Å². The van der Waals surface area contributed by atoms with Crippen LogP contribution < -0.4 is 10.6 Å². The molecule has 102 valence electrons. The summed E-state index contributed by atoms with van der Waals surface area (Å²) in [4.78, 5) is 27.0. The number of imide groups is 1. The van der Waals surface area contributed by atoms with Gasteiger partial charge < -0.3 is 10.6 Å². The predicted molar refractivity (Wildman–Crippen MR) is 73.1 cm³/mol. The molecule has 0 aromatic carbocycles. The first kappa shape index (κ1) is 12.6. The summed E-state index contributed by atoms with van der Waals surface area (Å²) in [7, 11) is 0. The molecule has 5 nitrogen and oxygen atoms in total. The lowest BCUT2D eigenvalue weighted by Gasteiger charge is -2.31. The van der Waals surface area contributed by atoms with Crippen LogP contribution in [0.1, 0.15) is 17.7 Å². The SMILES string of the molecule is O=C1NC2(CCNCC2)C(=O)N1CCc1cccs1. The number of hydrogen-bond acceptors (Lipinski definition) is 4. The van der Waals surface area contributed by atoms with Gasteiger partial charge in [-0.05, 0) is 43.8 Å². The molecule has 0 bridgehead atoms. The monoisotopic (exact) mass is 279 g/mol. The molecule has 2 saturated heterocycles. The van der Waals surface area contributed by atoms with Crippen molar-refractivity contribution in [2.75, 3.05) is 19.6 Å². The van der Waals surface area contributed by atoms with Crippen molar-refractivity contribution in [3.05, 3.63) is 22.4 Å². The third kappa shape index (κ3) is 2.26. The number of nitrogens with one attached hydrogen (secondary N) is 2. The van der Waals surface area contributed by atoms with E-state index in [1.54, 1.807) is 11.3 Å². The molecule has 2 N–H and O–H groups in total. The fraction of sp³-hybridized carbons (Fsp3) is 0.538. The lowest BCUT2D eigenvalue weighted by atomic mass is 9.88. The second-order valence-corrected chi connectivity index (χ2v) is 6.08. The van der Waals surface area contributed by atoms with Crippen LogP contribution in [0.25, 0.3) is 0 Å². The Morgan fingerprint density at radius 2 is 2.11 bits per heavy atom. The molecule has 1 aromatic rings. The van der Waals surface area contributed by atoms with Crippen LogP contribution in [0.5, 0.6) is 0 Å². The summed E-state index contributed by atoms with van der Waals surface area (Å²) in [5, 5.41) is 8.13. The van der Waals surface area contributed by atoms with Crippen LogP contribution in [0.15, 0.2) is 17.5 Å². The summed E-state index contributed by atoms with van der Waals surface area (Å²) >= 11 is 1.66. The van der Waals surface area contributed by atoms with Crippen molar-refractivity contribution >= 4 is 23.3 Å². The Labute approximate surface area is 116 Å². The number of rotatable bonds is 3. The molecule has 0 aliphatic carbocycles. The Morgan fingerprint density at radius 3 is 2.79 bits per heavy atom. The lowest BCUT2D eigenvalue weighted by molar-refractivity contribution is -0.132. The van der Waals surface area contributed by atoms with Gasteiger partial charge in [0.15, 0.2) is 0 Å². The summed E-state index contributed by atoms with van der Waals surface area (Å²) in [5.41, 5.74) is -0.641. The number of carbonyl (C=O) groups is 2. The quantitative estimate of drug-likeness (QED) is 0.810. The molecule has 0 radical (unpaired) electrons. The molecule has 0 unspecified atom stereocenters. The molecule has 3 rings (SSSR count). The Kier molecular flexibility index (Phi) is 3.28. The van der Waals surface area contributed by atoms with Gasteiger partial charge in [0.05, 0.1) is 0 Å². The van der Waals surface area contributed by atoms with Crippen LogP contribution in [-0.2, 0) is 11.2 Å². The molecule has 2 aliphatic heterocycles. The summed E-state index contributed by atoms with van der Waals surface area (Å²) in [6.45, 7) is 2.04. The minimum Gasteiger partial charge on any atom is -0.323 e. The summed E-state index contributed by atoms with van der Waals surface area (Å²) in [6, 6.07) is 3.78. The van der Waals surface area contributed by atoms with Crippen molar-refractivity contribution in [2.24, 2.45) is 0 Å². The van der Waals surface area contributed by atoms with Crippen molar-refractivity contribution < 1.29 is 9.59 Å². The maximum Gasteiger partial charge on any atom is 0.325 e. The number of carbonyl (C=O) groups excluding carboxylic acids is 2. The average molecular weight is 279 g/mol. The molecule has 2 fully saturated rings. The molecular formula is C13H17N3O2S. The molecular weight excluding hydrogens is 262 g/mol. The summed E-state index contributed by atoms with van der Waals surface area (Å²) in [5.74, 6) is -0.0458. The Balaban J connectivity index is 1.68. The van der Waals surface area contributed by atoms with E-state index in [1.165, 1.54) is 9.78 Å². The molecule has 0 atom stereocenters. The number of thiophene rings is 1. The third-order valence-corrected chi connectivity index (χ3v) is 4.80. The second kappa shape index (κ2) is 4.94. The molecule has 0 saturated carbocycles. The first-order valence-corrected chi connectivity index (χ1v) is 7.46. The van der Waals surface area contributed by atoms with Crippen LogP contribution >= 0.6 is 11.3 Å². The zero-order chi connectivity index (χ0) is 13.3. The standard InChI is InChI=1S/C13H17N3O2S/c17-11-13(4-6-14-7-5-13)15-12(18)16(11)8-3-10-2-1-9-19-10/h1-2,9,14H,3-8H2,(H,15,18). The van der Waals surface area contributed by atoms with Crippen LogP contribution in [-0.4, -0.2) is 42.0 Å². The fourth-order valence-electron chi connectivity index (χ4n) is 2.75. The van der Waals surface area contributed by atoms with E-state index in [2.05, 4.69) is 10.6 Å². The van der Waals surface area contributed by atoms with Gasteiger partial charge in [-0.2, -0.15) is 0 Å². The zero-order valence-corrected chi connectivity index (χ0v) is 11.5. The van der Waals surface area contributed by atoms with Crippen molar-refractivity contribution in [3.63, 3.8) is 0 Å². The van der Waals surface area contributed by atoms with E-state index in [4.69, 9.17) is 0 Å². The highest BCUT2D eigenvalue weighted by atomic mass is 32.1. The van der Waals surface area contributed by atoms with E-state index in [0.717, 1.165) is 19.5 Å². The molecule has 1 spiro atoms. The number of hydrogen-bond donors (Lipinski definition) is 2. The number of urea groups is 1. The van der Waals surface area contributed by atoms with Gasteiger partial charge in [0.1, 0.15) is 5.54 Å². The molecule has 19 heavy (non-hydrogen) atoms. The van der Waals surface area contributed by atoms with E-state index >= 15 is 0 Å². The first-order chi connectivity index (χ1) is 9.21. The van der Waals surface area contributed by atoms with E-state index in [1.807, 2.05) is 17.5 Å². The second-order valence-electron chi connectivity index (χ2n) is 5.05. The Hall–Kier alpha value is -1.40. The van der Waals surface area contributed by atoms with E-state index in [-0.39, 0.29) is 11.9 Å². The smallest absolute Gasteiger partial charge is 0.323 e. The maximum absolute atomic E-state index is 12.5. The highest BCUT2D eigenvalue weighted by Gasteiger charge is 2.50. The summed E-state index contributed by atoms with van der Waals surface area (Å²) < 4.78 is 0. The van der Waals surface area contributed by atoms with Gasteiger partial charge in [0, 0.05) is 11.4 Å². The van der Waals surface area contributed by atoms with E-state index in [9.17, 15) is 9.59 Å². The molecule has 3 heterocycles. The van der Waals surface area contributed by atoms with Crippen LogP contribution in [0, 0.1) is 0 Å². The van der Waals surface area contributed by atoms with E-state index < -0.39 is 5.54 Å². The van der Waals surface area contributed by atoms with Crippen molar-refractivity contribution in [2.45, 2.75) is 24.8 Å². The zero-order valence-electron chi connectivity index (χ0n) is 10.6. The van der Waals surface area contributed by atoms with Crippen LogP contribution in [0.4, 0.5) is 4.79 Å². The van der Waals surface area contributed by atoms with Gasteiger partial charge in [-0.15, -0.1) is 11.3 Å². The Bertz CT molecular complexity index is 480. The van der Waals surface area contributed by atoms with Gasteiger partial charge in [-0.3, -0.25) is 9.69 Å². The average Bonchev–Trinajstić information content (AvgIpc) is 2.99. The van der Waals surface area contributed by atoms with Crippen molar-refractivity contribution in [1.82, 2.24) is 15.5 Å². The van der Waals surface area contributed by atoms with Crippen molar-refractivity contribution in [3.8, 4) is 0 Å². The normalized spacial score (nSPS) is 22.0. The van der Waals surface area contributed by atoms with E-state index in [0.29, 0.717) is 19.4 Å². The van der Waals surface area contributed by atoms with Crippen molar-refractivity contribution in [1.29, 1.82) is 0 Å². The van der Waals surface area contributed by atoms with Crippen LogP contribution in [0.2, 0.25) is 0 Å². The number of amides is 3. The largest absolute Gasteiger partial charge is 0.325 e. The maximum atomic E-state index is 12.5. The highest BCUT2D eigenvalue weighted by molar-refractivity contribution is 7.09. The first-order valence-electron chi connectivity index (χ1n) is 6.58. The lowest BCUT2D eigenvalue weighted by Crippen LogP contribution is -2.53. The van der Waals surface area contributed by atoms with Gasteiger partial charge in [-0.25, -0.2) is 4.79 Å². The van der Waals surface area contributed by atoms with Gasteiger partial charge in [-0.1, -0.05) is 6.07 Å². The van der Waals surface area contributed by atoms with Crippen LogP contribution in [0.3, 0.4) is 0 Å². The van der Waals surface area contributed by atoms with Gasteiger partial charge in [0.2, 0.25) is 0 Å². The minimum atomic E-state index is -0.641. The Morgan fingerprint density at radius 1 is 1.32 bits per heavy atom.